The highest BCUT2D eigenvalue weighted by atomic mass is 32.2. The number of piperidine rings is 1. The average molecular weight is 325 g/mol. The molecule has 0 unspecified atom stereocenters. The number of aldehydes is 1. The first-order chi connectivity index (χ1) is 10.7. The smallest absolute Gasteiger partial charge is 0.209 e. The quantitative estimate of drug-likeness (QED) is 0.798. The minimum absolute atomic E-state index is 0.709. The zero-order valence-corrected chi connectivity index (χ0v) is 14.6. The van der Waals surface area contributed by atoms with Crippen molar-refractivity contribution in [2.24, 2.45) is 0 Å². The Labute approximate surface area is 138 Å². The van der Waals surface area contributed by atoms with Crippen molar-refractivity contribution in [3.05, 3.63) is 35.9 Å². The molecule has 0 aliphatic carbocycles. The molecule has 1 aliphatic rings. The maximum atomic E-state index is 10.3. The van der Waals surface area contributed by atoms with Gasteiger partial charge >= 0.3 is 0 Å². The van der Waals surface area contributed by atoms with Gasteiger partial charge in [0.1, 0.15) is 6.29 Å². The van der Waals surface area contributed by atoms with Crippen molar-refractivity contribution >= 4 is 24.5 Å². The van der Waals surface area contributed by atoms with Crippen LogP contribution in [0.25, 0.3) is 0 Å². The summed E-state index contributed by atoms with van der Waals surface area (Å²) in [4.78, 5) is 20.9. The number of carbonyl (C=O) groups is 2. The summed E-state index contributed by atoms with van der Waals surface area (Å²) in [7, 11) is 1.70. The molecule has 5 heteroatoms. The highest BCUT2D eigenvalue weighted by Gasteiger charge is 2.15. The first kappa shape index (κ1) is 20.7. The van der Waals surface area contributed by atoms with E-state index in [1.54, 1.807) is 7.11 Å². The highest BCUT2D eigenvalue weighted by molar-refractivity contribution is 7.99. The summed E-state index contributed by atoms with van der Waals surface area (Å²) < 4.78 is 4.93. The van der Waals surface area contributed by atoms with Gasteiger partial charge in [0.15, 0.2) is 0 Å². The second-order valence-corrected chi connectivity index (χ2v) is 5.87. The molecule has 22 heavy (non-hydrogen) atoms. The van der Waals surface area contributed by atoms with Crippen LogP contribution in [0.15, 0.2) is 30.3 Å². The number of thioether (sulfide) groups is 1. The molecule has 0 radical (unpaired) electrons. The number of benzene rings is 1. The van der Waals surface area contributed by atoms with Gasteiger partial charge in [-0.05, 0) is 31.6 Å². The van der Waals surface area contributed by atoms with Crippen molar-refractivity contribution in [1.82, 2.24) is 4.90 Å². The van der Waals surface area contributed by atoms with Crippen LogP contribution in [0.2, 0.25) is 0 Å². The number of amides is 1. The molecule has 0 bridgehead atoms. The minimum atomic E-state index is 0.709. The van der Waals surface area contributed by atoms with Crippen LogP contribution < -0.4 is 0 Å². The Kier molecular flexibility index (Phi) is 13.7. The topological polar surface area (TPSA) is 46.6 Å². The van der Waals surface area contributed by atoms with Gasteiger partial charge in [0.05, 0.1) is 6.61 Å². The molecular weight excluding hydrogens is 298 g/mol. The Morgan fingerprint density at radius 1 is 1.23 bits per heavy atom. The molecule has 1 heterocycles. The summed E-state index contributed by atoms with van der Waals surface area (Å²) in [5.41, 5.74) is 1.22. The molecule has 1 aromatic rings. The van der Waals surface area contributed by atoms with Gasteiger partial charge in [-0.2, -0.15) is 11.8 Å². The number of hydrogen-bond donors (Lipinski definition) is 0. The van der Waals surface area contributed by atoms with Crippen LogP contribution in [-0.2, 0) is 20.9 Å². The molecule has 0 N–H and O–H groups in total. The second kappa shape index (κ2) is 14.6. The van der Waals surface area contributed by atoms with Gasteiger partial charge in [0.25, 0.3) is 0 Å². The van der Waals surface area contributed by atoms with Crippen molar-refractivity contribution in [2.45, 2.75) is 31.6 Å². The van der Waals surface area contributed by atoms with Gasteiger partial charge in [0.2, 0.25) is 6.41 Å². The van der Waals surface area contributed by atoms with Gasteiger partial charge in [-0.15, -0.1) is 0 Å². The lowest BCUT2D eigenvalue weighted by atomic mass is 10.1. The fourth-order valence-corrected chi connectivity index (χ4v) is 2.64. The molecule has 1 saturated heterocycles. The van der Waals surface area contributed by atoms with E-state index < -0.39 is 0 Å². The molecule has 0 spiro atoms. The van der Waals surface area contributed by atoms with E-state index in [1.807, 2.05) is 47.0 Å². The molecule has 2 rings (SSSR count). The third-order valence-electron chi connectivity index (χ3n) is 3.11. The van der Waals surface area contributed by atoms with E-state index >= 15 is 0 Å². The van der Waals surface area contributed by atoms with Crippen molar-refractivity contribution in [2.75, 3.05) is 26.5 Å². The number of likely N-dealkylation sites (tertiary alicyclic amines) is 1. The van der Waals surface area contributed by atoms with Gasteiger partial charge in [0, 0.05) is 25.4 Å². The molecule has 0 aromatic heterocycles. The van der Waals surface area contributed by atoms with E-state index in [4.69, 9.17) is 9.53 Å². The predicted molar refractivity (Wildman–Crippen MR) is 93.1 cm³/mol. The van der Waals surface area contributed by atoms with E-state index in [2.05, 4.69) is 6.26 Å². The van der Waals surface area contributed by atoms with Gasteiger partial charge in [-0.1, -0.05) is 30.3 Å². The Hall–Kier alpha value is -1.33. The molecule has 1 amide bonds. The maximum absolute atomic E-state index is 10.3. The molecule has 1 fully saturated rings. The number of methoxy groups -OCH3 is 1. The van der Waals surface area contributed by atoms with E-state index in [1.165, 1.54) is 25.3 Å². The van der Waals surface area contributed by atoms with E-state index in [0.29, 0.717) is 6.61 Å². The Bertz CT molecular complexity index is 379. The third kappa shape index (κ3) is 10.4. The van der Waals surface area contributed by atoms with Crippen LogP contribution in [0.4, 0.5) is 0 Å². The van der Waals surface area contributed by atoms with E-state index in [-0.39, 0.29) is 0 Å². The standard InChI is InChI=1S/C8H10O.C7H13NOS.C2H4O/c1-9-7-8-5-3-2-4-6-8;1-10-7-2-4-8(6-9)5-3-7;1-2-3/h2-6H,7H2,1H3;6-7H,2-5H2,1H3;2H,1H3. The zero-order chi connectivity index (χ0) is 16.6. The van der Waals surface area contributed by atoms with E-state index in [0.717, 1.165) is 31.0 Å². The molecule has 1 aliphatic heterocycles. The van der Waals surface area contributed by atoms with Crippen molar-refractivity contribution in [1.29, 1.82) is 0 Å². The molecule has 4 nitrogen and oxygen atoms in total. The normalized spacial score (nSPS) is 14.0. The lowest BCUT2D eigenvalue weighted by Gasteiger charge is -2.27. The Morgan fingerprint density at radius 3 is 2.18 bits per heavy atom. The molecule has 0 saturated carbocycles. The monoisotopic (exact) mass is 325 g/mol. The van der Waals surface area contributed by atoms with Gasteiger partial charge < -0.3 is 14.4 Å². The maximum Gasteiger partial charge on any atom is 0.209 e. The Balaban J connectivity index is 0.000000342. The number of rotatable bonds is 4. The van der Waals surface area contributed by atoms with Crippen molar-refractivity contribution in [3.63, 3.8) is 0 Å². The van der Waals surface area contributed by atoms with Gasteiger partial charge in [-0.3, -0.25) is 4.79 Å². The number of hydrogen-bond acceptors (Lipinski definition) is 4. The lowest BCUT2D eigenvalue weighted by molar-refractivity contribution is -0.118. The number of carbonyl (C=O) groups excluding carboxylic acids is 2. The molecule has 0 atom stereocenters. The van der Waals surface area contributed by atoms with Crippen LogP contribution >= 0.6 is 11.8 Å². The third-order valence-corrected chi connectivity index (χ3v) is 4.25. The Morgan fingerprint density at radius 2 is 1.77 bits per heavy atom. The fraction of sp³-hybridized carbons (Fsp3) is 0.529. The summed E-state index contributed by atoms with van der Waals surface area (Å²) in [6, 6.07) is 10.1. The summed E-state index contributed by atoms with van der Waals surface area (Å²) in [6.45, 7) is 4.06. The summed E-state index contributed by atoms with van der Waals surface area (Å²) in [6.07, 6.45) is 6.18. The van der Waals surface area contributed by atoms with Crippen LogP contribution in [0.3, 0.4) is 0 Å². The van der Waals surface area contributed by atoms with Crippen LogP contribution in [-0.4, -0.2) is 49.3 Å². The summed E-state index contributed by atoms with van der Waals surface area (Å²) in [5, 5.41) is 0.788. The minimum Gasteiger partial charge on any atom is -0.380 e. The highest BCUT2D eigenvalue weighted by Crippen LogP contribution is 2.19. The second-order valence-electron chi connectivity index (χ2n) is 4.73. The SMILES string of the molecule is CC=O.COCc1ccccc1.CSC1CCN(C=O)CC1. The fourth-order valence-electron chi connectivity index (χ4n) is 1.96. The largest absolute Gasteiger partial charge is 0.380 e. The van der Waals surface area contributed by atoms with Crippen LogP contribution in [0.5, 0.6) is 0 Å². The average Bonchev–Trinajstić information content (AvgIpc) is 2.57. The first-order valence-corrected chi connectivity index (χ1v) is 8.65. The number of nitrogens with zero attached hydrogens (tertiary/aromatic N) is 1. The number of ether oxygens (including phenoxy) is 1. The van der Waals surface area contributed by atoms with Crippen molar-refractivity contribution in [3.8, 4) is 0 Å². The lowest BCUT2D eigenvalue weighted by Crippen LogP contribution is -2.33. The van der Waals surface area contributed by atoms with Crippen LogP contribution in [0, 0.1) is 0 Å². The molecule has 1 aromatic carbocycles. The van der Waals surface area contributed by atoms with E-state index in [9.17, 15) is 4.79 Å². The molecular formula is C17H27NO3S. The molecule has 124 valence electrons. The first-order valence-electron chi connectivity index (χ1n) is 7.36. The summed E-state index contributed by atoms with van der Waals surface area (Å²) >= 11 is 1.92. The van der Waals surface area contributed by atoms with Gasteiger partial charge in [-0.25, -0.2) is 0 Å². The predicted octanol–water partition coefficient (Wildman–Crippen LogP) is 3.01. The summed E-state index contributed by atoms with van der Waals surface area (Å²) in [5.74, 6) is 0. The van der Waals surface area contributed by atoms with Crippen LogP contribution in [0.1, 0.15) is 25.3 Å². The zero-order valence-electron chi connectivity index (χ0n) is 13.7. The van der Waals surface area contributed by atoms with Crippen molar-refractivity contribution < 1.29 is 14.3 Å².